The zero-order valence-corrected chi connectivity index (χ0v) is 12.2. The van der Waals surface area contributed by atoms with Gasteiger partial charge in [0.25, 0.3) is 0 Å². The molecule has 2 rings (SSSR count). The molecule has 0 aliphatic carbocycles. The van der Waals surface area contributed by atoms with Crippen molar-refractivity contribution in [3.05, 3.63) is 41.7 Å². The lowest BCUT2D eigenvalue weighted by Crippen LogP contribution is -1.97. The average molecular weight is 262 g/mol. The number of rotatable bonds is 2. The predicted molar refractivity (Wildman–Crippen MR) is 78.0 cm³/mol. The highest BCUT2D eigenvalue weighted by molar-refractivity contribution is 5.82. The Bertz CT molecular complexity index is 468. The lowest BCUT2D eigenvalue weighted by atomic mass is 10.1. The van der Waals surface area contributed by atoms with Gasteiger partial charge in [-0.05, 0) is 24.6 Å². The summed E-state index contributed by atoms with van der Waals surface area (Å²) in [6.07, 6.45) is 4.08. The van der Waals surface area contributed by atoms with Gasteiger partial charge >= 0.3 is 0 Å². The smallest absolute Gasteiger partial charge is 0.154 e. The molecule has 19 heavy (non-hydrogen) atoms. The Hall–Kier alpha value is -2.10. The van der Waals surface area contributed by atoms with Crippen molar-refractivity contribution in [1.82, 2.24) is 9.78 Å². The van der Waals surface area contributed by atoms with Gasteiger partial charge in [-0.3, -0.25) is 4.79 Å². The third-order valence-electron chi connectivity index (χ3n) is 2.24. The minimum atomic E-state index is -0.0181. The number of aromatic nitrogens is 2. The monoisotopic (exact) mass is 262 g/mol. The van der Waals surface area contributed by atoms with Crippen LogP contribution in [0.2, 0.25) is 0 Å². The van der Waals surface area contributed by atoms with Crippen LogP contribution in [0.1, 0.15) is 43.6 Å². The molecule has 1 heterocycles. The number of aryl methyl sites for hydroxylation is 1. The highest BCUT2D eigenvalue weighted by atomic mass is 16.3. The van der Waals surface area contributed by atoms with Gasteiger partial charge in [0.05, 0.1) is 11.3 Å². The summed E-state index contributed by atoms with van der Waals surface area (Å²) in [6, 6.07) is 5.11. The molecule has 0 unspecified atom stereocenters. The largest absolute Gasteiger partial charge is 0.507 e. The molecule has 0 bridgehead atoms. The molecule has 0 aliphatic heterocycles. The van der Waals surface area contributed by atoms with E-state index >= 15 is 0 Å². The Morgan fingerprint density at radius 3 is 2.26 bits per heavy atom. The Morgan fingerprint density at radius 1 is 1.21 bits per heavy atom. The van der Waals surface area contributed by atoms with Crippen molar-refractivity contribution in [3.63, 3.8) is 0 Å². The molecule has 1 aromatic heterocycles. The lowest BCUT2D eigenvalue weighted by Gasteiger charge is -2.06. The van der Waals surface area contributed by atoms with Crippen molar-refractivity contribution in [2.24, 2.45) is 0 Å². The van der Waals surface area contributed by atoms with Crippen molar-refractivity contribution in [1.29, 1.82) is 0 Å². The van der Waals surface area contributed by atoms with Crippen LogP contribution >= 0.6 is 0 Å². The molecule has 0 saturated carbocycles. The van der Waals surface area contributed by atoms with Crippen LogP contribution in [0.25, 0.3) is 5.69 Å². The molecule has 0 amide bonds. The molecule has 0 saturated heterocycles. The van der Waals surface area contributed by atoms with Crippen molar-refractivity contribution in [2.45, 2.75) is 34.6 Å². The number of hydrogen-bond donors (Lipinski definition) is 1. The van der Waals surface area contributed by atoms with Gasteiger partial charge in [0.1, 0.15) is 5.75 Å². The van der Waals surface area contributed by atoms with E-state index in [4.69, 9.17) is 0 Å². The molecule has 4 heteroatoms. The number of nitrogens with zero attached hydrogens (tertiary/aromatic N) is 2. The van der Waals surface area contributed by atoms with E-state index in [9.17, 15) is 9.90 Å². The maximum atomic E-state index is 10.7. The number of aldehydes is 1. The van der Waals surface area contributed by atoms with E-state index in [0.717, 1.165) is 11.3 Å². The molecule has 0 radical (unpaired) electrons. The number of benzene rings is 1. The van der Waals surface area contributed by atoms with E-state index in [-0.39, 0.29) is 5.75 Å². The number of phenolic OH excluding ortho intramolecular Hbond substituents is 1. The van der Waals surface area contributed by atoms with Crippen LogP contribution in [0.3, 0.4) is 0 Å². The molecular weight excluding hydrogens is 240 g/mol. The fraction of sp³-hybridized carbons (Fsp3) is 0.333. The zero-order valence-electron chi connectivity index (χ0n) is 12.2. The van der Waals surface area contributed by atoms with Gasteiger partial charge in [-0.1, -0.05) is 27.7 Å². The fourth-order valence-electron chi connectivity index (χ4n) is 1.47. The fourth-order valence-corrected chi connectivity index (χ4v) is 1.47. The zero-order chi connectivity index (χ0) is 14.8. The summed E-state index contributed by atoms with van der Waals surface area (Å²) >= 11 is 0. The van der Waals surface area contributed by atoms with E-state index in [0.29, 0.717) is 11.8 Å². The Balaban J connectivity index is 0.000000741. The third kappa shape index (κ3) is 4.25. The van der Waals surface area contributed by atoms with Gasteiger partial charge in [-0.2, -0.15) is 5.10 Å². The highest BCUT2D eigenvalue weighted by Crippen LogP contribution is 2.23. The van der Waals surface area contributed by atoms with Gasteiger partial charge < -0.3 is 5.11 Å². The predicted octanol–water partition coefficient (Wildman–Crippen LogP) is 3.75. The topological polar surface area (TPSA) is 55.1 Å². The van der Waals surface area contributed by atoms with E-state index in [2.05, 4.69) is 5.10 Å². The molecule has 1 N–H and O–H groups in total. The van der Waals surface area contributed by atoms with Gasteiger partial charge in [-0.25, -0.2) is 4.68 Å². The average Bonchev–Trinajstić information content (AvgIpc) is 2.97. The SMILES string of the molecule is CC.CC.Cc1cc(-n2cccn2)cc(O)c1C=O. The molecule has 0 atom stereocenters. The second kappa shape index (κ2) is 8.91. The van der Waals surface area contributed by atoms with E-state index < -0.39 is 0 Å². The molecule has 4 nitrogen and oxygen atoms in total. The van der Waals surface area contributed by atoms with Crippen LogP contribution in [0, 0.1) is 6.92 Å². The normalized spacial score (nSPS) is 8.68. The summed E-state index contributed by atoms with van der Waals surface area (Å²) in [4.78, 5) is 10.7. The van der Waals surface area contributed by atoms with Gasteiger partial charge in [0, 0.05) is 18.5 Å². The number of carbonyl (C=O) groups is 1. The minimum absolute atomic E-state index is 0.0181. The van der Waals surface area contributed by atoms with Crippen LogP contribution in [0.5, 0.6) is 5.75 Å². The first kappa shape index (κ1) is 16.9. The van der Waals surface area contributed by atoms with Crippen LogP contribution in [-0.4, -0.2) is 21.2 Å². The first-order valence-corrected chi connectivity index (χ1v) is 6.51. The van der Waals surface area contributed by atoms with Gasteiger partial charge in [0.2, 0.25) is 0 Å². The van der Waals surface area contributed by atoms with Crippen LogP contribution in [0.15, 0.2) is 30.6 Å². The van der Waals surface area contributed by atoms with Crippen LogP contribution in [-0.2, 0) is 0 Å². The number of hydrogen-bond acceptors (Lipinski definition) is 3. The minimum Gasteiger partial charge on any atom is -0.507 e. The summed E-state index contributed by atoms with van der Waals surface area (Å²) in [7, 11) is 0. The Kier molecular flexibility index (Phi) is 7.93. The van der Waals surface area contributed by atoms with Gasteiger partial charge in [-0.15, -0.1) is 0 Å². The van der Waals surface area contributed by atoms with Crippen LogP contribution < -0.4 is 0 Å². The molecule has 0 spiro atoms. The second-order valence-electron chi connectivity index (χ2n) is 3.26. The Morgan fingerprint density at radius 2 is 1.84 bits per heavy atom. The number of carbonyl (C=O) groups excluding carboxylic acids is 1. The number of aromatic hydroxyl groups is 1. The first-order valence-electron chi connectivity index (χ1n) is 6.51. The summed E-state index contributed by atoms with van der Waals surface area (Å²) in [6.45, 7) is 9.77. The van der Waals surface area contributed by atoms with E-state index in [1.165, 1.54) is 6.07 Å². The quantitative estimate of drug-likeness (QED) is 0.838. The summed E-state index contributed by atoms with van der Waals surface area (Å²) in [5.41, 5.74) is 1.79. The van der Waals surface area contributed by atoms with Crippen molar-refractivity contribution in [2.75, 3.05) is 0 Å². The highest BCUT2D eigenvalue weighted by Gasteiger charge is 2.07. The van der Waals surface area contributed by atoms with Crippen molar-refractivity contribution >= 4 is 6.29 Å². The summed E-state index contributed by atoms with van der Waals surface area (Å²) in [5.74, 6) is -0.0181. The Labute approximate surface area is 114 Å². The lowest BCUT2D eigenvalue weighted by molar-refractivity contribution is 0.112. The molecule has 104 valence electrons. The molecule has 1 aromatic carbocycles. The van der Waals surface area contributed by atoms with Crippen molar-refractivity contribution in [3.8, 4) is 11.4 Å². The molecule has 0 fully saturated rings. The van der Waals surface area contributed by atoms with Crippen molar-refractivity contribution < 1.29 is 9.90 Å². The third-order valence-corrected chi connectivity index (χ3v) is 2.24. The van der Waals surface area contributed by atoms with E-state index in [1.807, 2.05) is 27.7 Å². The molecule has 0 aliphatic rings. The summed E-state index contributed by atoms with van der Waals surface area (Å²) in [5, 5.41) is 13.6. The second-order valence-corrected chi connectivity index (χ2v) is 3.26. The standard InChI is InChI=1S/C11H10N2O2.2C2H6/c1-8-5-9(13-4-2-3-12-13)6-11(15)10(8)7-14;2*1-2/h2-7,15H,1H3;2*1-2H3. The maximum Gasteiger partial charge on any atom is 0.154 e. The molecule has 2 aromatic rings. The maximum absolute atomic E-state index is 10.7. The number of phenols is 1. The first-order chi connectivity index (χ1) is 9.22. The van der Waals surface area contributed by atoms with Gasteiger partial charge in [0.15, 0.2) is 6.29 Å². The van der Waals surface area contributed by atoms with Crippen LogP contribution in [0.4, 0.5) is 0 Å². The summed E-state index contributed by atoms with van der Waals surface area (Å²) < 4.78 is 1.63. The molecular formula is C15H22N2O2. The van der Waals surface area contributed by atoms with E-state index in [1.54, 1.807) is 36.1 Å².